The van der Waals surface area contributed by atoms with Gasteiger partial charge in [-0.15, -0.1) is 0 Å². The second-order valence-electron chi connectivity index (χ2n) is 3.57. The van der Waals surface area contributed by atoms with E-state index in [4.69, 9.17) is 4.74 Å². The van der Waals surface area contributed by atoms with Crippen molar-refractivity contribution < 1.29 is 9.84 Å². The van der Waals surface area contributed by atoms with Gasteiger partial charge < -0.3 is 14.4 Å². The lowest BCUT2D eigenvalue weighted by Crippen LogP contribution is -2.14. The van der Waals surface area contributed by atoms with Crippen LogP contribution in [0.3, 0.4) is 0 Å². The van der Waals surface area contributed by atoms with Gasteiger partial charge in [0.15, 0.2) is 0 Å². The van der Waals surface area contributed by atoms with E-state index in [0.29, 0.717) is 19.0 Å². The fourth-order valence-electron chi connectivity index (χ4n) is 1.46. The van der Waals surface area contributed by atoms with E-state index < -0.39 is 6.10 Å². The van der Waals surface area contributed by atoms with Crippen molar-refractivity contribution in [2.24, 2.45) is 0 Å². The highest BCUT2D eigenvalue weighted by molar-refractivity contribution is 4.96. The number of aliphatic hydroxyl groups excluding tert-OH is 1. The zero-order valence-electron chi connectivity index (χ0n) is 9.52. The predicted octanol–water partition coefficient (Wildman–Crippen LogP) is 1.75. The molecular formula is C11H20N2O2. The lowest BCUT2D eigenvalue weighted by atomic mass is 10.3. The Kier molecular flexibility index (Phi) is 5.36. The predicted molar refractivity (Wildman–Crippen MR) is 58.6 cm³/mol. The highest BCUT2D eigenvalue weighted by Gasteiger charge is 2.13. The number of hydrogen-bond donors (Lipinski definition) is 1. The first kappa shape index (κ1) is 12.2. The maximum Gasteiger partial charge on any atom is 0.140 e. The fraction of sp³-hybridized carbons (Fsp3) is 0.727. The van der Waals surface area contributed by atoms with Gasteiger partial charge in [0, 0.05) is 25.5 Å². The summed E-state index contributed by atoms with van der Waals surface area (Å²) in [5.74, 6) is 0.702. The molecule has 1 rings (SSSR count). The molecule has 0 aliphatic heterocycles. The summed E-state index contributed by atoms with van der Waals surface area (Å²) in [7, 11) is 0. The van der Waals surface area contributed by atoms with Gasteiger partial charge in [-0.3, -0.25) is 0 Å². The molecule has 1 unspecified atom stereocenters. The van der Waals surface area contributed by atoms with Crippen LogP contribution in [0.4, 0.5) is 0 Å². The molecule has 0 aliphatic rings. The Morgan fingerprint density at radius 3 is 2.93 bits per heavy atom. The standard InChI is InChI=1S/C11H20N2O2/c1-3-6-13-7-5-12-11(13)10(14)9-15-8-4-2/h5,7,10,14H,3-4,6,8-9H2,1-2H3. The van der Waals surface area contributed by atoms with Crippen molar-refractivity contribution in [1.82, 2.24) is 9.55 Å². The van der Waals surface area contributed by atoms with Crippen LogP contribution in [-0.4, -0.2) is 27.9 Å². The first-order valence-electron chi connectivity index (χ1n) is 5.56. The summed E-state index contributed by atoms with van der Waals surface area (Å²) in [6.45, 7) is 6.05. The second-order valence-corrected chi connectivity index (χ2v) is 3.57. The van der Waals surface area contributed by atoms with Gasteiger partial charge in [0.05, 0.1) is 6.61 Å². The van der Waals surface area contributed by atoms with Crippen LogP contribution >= 0.6 is 0 Å². The summed E-state index contributed by atoms with van der Waals surface area (Å²) in [5.41, 5.74) is 0. The van der Waals surface area contributed by atoms with Crippen LogP contribution in [0.5, 0.6) is 0 Å². The average molecular weight is 212 g/mol. The Hall–Kier alpha value is -0.870. The highest BCUT2D eigenvalue weighted by Crippen LogP contribution is 2.11. The number of hydrogen-bond acceptors (Lipinski definition) is 3. The third-order valence-electron chi connectivity index (χ3n) is 2.13. The van der Waals surface area contributed by atoms with Crippen LogP contribution in [0, 0.1) is 0 Å². The number of aliphatic hydroxyl groups is 1. The van der Waals surface area contributed by atoms with Crippen molar-refractivity contribution in [3.05, 3.63) is 18.2 Å². The SMILES string of the molecule is CCCOCC(O)c1nccn1CCC. The van der Waals surface area contributed by atoms with Crippen molar-refractivity contribution in [2.45, 2.75) is 39.3 Å². The van der Waals surface area contributed by atoms with Crippen LogP contribution in [0.2, 0.25) is 0 Å². The molecule has 0 saturated heterocycles. The van der Waals surface area contributed by atoms with Gasteiger partial charge in [0.1, 0.15) is 11.9 Å². The van der Waals surface area contributed by atoms with E-state index in [1.54, 1.807) is 6.20 Å². The Bertz CT molecular complexity index is 273. The Morgan fingerprint density at radius 2 is 2.27 bits per heavy atom. The van der Waals surface area contributed by atoms with E-state index in [0.717, 1.165) is 19.4 Å². The van der Waals surface area contributed by atoms with Gasteiger partial charge in [0.25, 0.3) is 0 Å². The first-order valence-corrected chi connectivity index (χ1v) is 5.56. The minimum atomic E-state index is -0.613. The molecule has 4 nitrogen and oxygen atoms in total. The molecule has 15 heavy (non-hydrogen) atoms. The molecule has 0 aliphatic carbocycles. The average Bonchev–Trinajstić information content (AvgIpc) is 2.67. The second kappa shape index (κ2) is 6.58. The lowest BCUT2D eigenvalue weighted by Gasteiger charge is -2.12. The molecule has 1 N–H and O–H groups in total. The zero-order chi connectivity index (χ0) is 11.1. The van der Waals surface area contributed by atoms with Gasteiger partial charge >= 0.3 is 0 Å². The molecule has 4 heteroatoms. The third kappa shape index (κ3) is 3.64. The molecule has 86 valence electrons. The monoisotopic (exact) mass is 212 g/mol. The molecular weight excluding hydrogens is 192 g/mol. The maximum atomic E-state index is 9.84. The zero-order valence-corrected chi connectivity index (χ0v) is 9.52. The molecule has 0 bridgehead atoms. The topological polar surface area (TPSA) is 47.3 Å². The number of nitrogens with zero attached hydrogens (tertiary/aromatic N) is 2. The van der Waals surface area contributed by atoms with Gasteiger partial charge in [-0.05, 0) is 12.8 Å². The Balaban J connectivity index is 2.48. The highest BCUT2D eigenvalue weighted by atomic mass is 16.5. The molecule has 0 amide bonds. The Morgan fingerprint density at radius 1 is 1.47 bits per heavy atom. The summed E-state index contributed by atoms with van der Waals surface area (Å²) < 4.78 is 7.27. The molecule has 1 heterocycles. The van der Waals surface area contributed by atoms with Crippen LogP contribution in [0.25, 0.3) is 0 Å². The lowest BCUT2D eigenvalue weighted by molar-refractivity contribution is 0.0301. The first-order chi connectivity index (χ1) is 7.29. The molecule has 0 fully saturated rings. The summed E-state index contributed by atoms with van der Waals surface area (Å²) in [4.78, 5) is 4.15. The fourth-order valence-corrected chi connectivity index (χ4v) is 1.46. The normalized spacial score (nSPS) is 13.0. The van der Waals surface area contributed by atoms with Crippen molar-refractivity contribution in [1.29, 1.82) is 0 Å². The Labute approximate surface area is 90.9 Å². The van der Waals surface area contributed by atoms with Crippen LogP contribution in [0.1, 0.15) is 38.6 Å². The number of rotatable bonds is 7. The van der Waals surface area contributed by atoms with Crippen molar-refractivity contribution in [2.75, 3.05) is 13.2 Å². The van der Waals surface area contributed by atoms with Crippen LogP contribution in [0.15, 0.2) is 12.4 Å². The van der Waals surface area contributed by atoms with Crippen molar-refractivity contribution in [3.8, 4) is 0 Å². The van der Waals surface area contributed by atoms with Gasteiger partial charge in [0.2, 0.25) is 0 Å². The van der Waals surface area contributed by atoms with Crippen LogP contribution < -0.4 is 0 Å². The third-order valence-corrected chi connectivity index (χ3v) is 2.13. The van der Waals surface area contributed by atoms with E-state index >= 15 is 0 Å². The smallest absolute Gasteiger partial charge is 0.140 e. The quantitative estimate of drug-likeness (QED) is 0.700. The van der Waals surface area contributed by atoms with E-state index in [1.165, 1.54) is 0 Å². The van der Waals surface area contributed by atoms with E-state index in [9.17, 15) is 5.11 Å². The summed E-state index contributed by atoms with van der Waals surface area (Å²) >= 11 is 0. The summed E-state index contributed by atoms with van der Waals surface area (Å²) in [6, 6.07) is 0. The van der Waals surface area contributed by atoms with Gasteiger partial charge in [-0.25, -0.2) is 4.98 Å². The van der Waals surface area contributed by atoms with E-state index in [2.05, 4.69) is 11.9 Å². The number of ether oxygens (including phenoxy) is 1. The number of aryl methyl sites for hydroxylation is 1. The van der Waals surface area contributed by atoms with E-state index in [1.807, 2.05) is 17.7 Å². The molecule has 0 saturated carbocycles. The van der Waals surface area contributed by atoms with Gasteiger partial charge in [-0.1, -0.05) is 13.8 Å². The van der Waals surface area contributed by atoms with Gasteiger partial charge in [-0.2, -0.15) is 0 Å². The minimum absolute atomic E-state index is 0.328. The van der Waals surface area contributed by atoms with E-state index in [-0.39, 0.29) is 0 Å². The van der Waals surface area contributed by atoms with Crippen LogP contribution in [-0.2, 0) is 11.3 Å². The molecule has 1 atom stereocenters. The summed E-state index contributed by atoms with van der Waals surface area (Å²) in [5, 5.41) is 9.84. The molecule has 0 radical (unpaired) electrons. The summed E-state index contributed by atoms with van der Waals surface area (Å²) in [6.07, 6.45) is 5.00. The number of aromatic nitrogens is 2. The minimum Gasteiger partial charge on any atom is -0.383 e. The maximum absolute atomic E-state index is 9.84. The van der Waals surface area contributed by atoms with Crippen molar-refractivity contribution >= 4 is 0 Å². The molecule has 1 aromatic rings. The number of imidazole rings is 1. The molecule has 0 aromatic carbocycles. The van der Waals surface area contributed by atoms with Crippen molar-refractivity contribution in [3.63, 3.8) is 0 Å². The molecule has 1 aromatic heterocycles. The molecule has 0 spiro atoms. The largest absolute Gasteiger partial charge is 0.383 e.